The zero-order valence-corrected chi connectivity index (χ0v) is 19.8. The highest BCUT2D eigenvalue weighted by Crippen LogP contribution is 2.46. The van der Waals surface area contributed by atoms with Crippen LogP contribution in [0, 0.1) is 6.92 Å². The average molecular weight is 471 g/mol. The molecule has 6 rings (SSSR count). The molecule has 5 nitrogen and oxygen atoms in total. The third kappa shape index (κ3) is 3.57. The Bertz CT molecular complexity index is 1450. The van der Waals surface area contributed by atoms with Crippen molar-refractivity contribution >= 4 is 43.8 Å². The number of thiophene rings is 1. The first-order valence-corrected chi connectivity index (χ1v) is 12.7. The highest BCUT2D eigenvalue weighted by atomic mass is 32.1. The molecule has 1 aliphatic rings. The number of fused-ring (bicyclic) bond motifs is 2. The second kappa shape index (κ2) is 8.24. The second-order valence-electron chi connectivity index (χ2n) is 8.25. The maximum Gasteiger partial charge on any atom is 0.259 e. The van der Waals surface area contributed by atoms with Gasteiger partial charge in [-0.1, -0.05) is 30.3 Å². The number of carbonyl (C=O) groups is 1. The third-order valence-electron chi connectivity index (χ3n) is 6.16. The van der Waals surface area contributed by atoms with Crippen LogP contribution in [-0.4, -0.2) is 20.7 Å². The summed E-state index contributed by atoms with van der Waals surface area (Å²) in [6, 6.07) is 18.1. The minimum Gasteiger partial charge on any atom is -0.313 e. The van der Waals surface area contributed by atoms with Gasteiger partial charge in [-0.05, 0) is 62.4 Å². The van der Waals surface area contributed by atoms with Crippen LogP contribution < -0.4 is 5.32 Å². The Labute approximate surface area is 199 Å². The van der Waals surface area contributed by atoms with E-state index in [2.05, 4.69) is 16.5 Å². The molecule has 33 heavy (non-hydrogen) atoms. The first-order chi connectivity index (χ1) is 16.2. The molecule has 1 amide bonds. The van der Waals surface area contributed by atoms with Crippen molar-refractivity contribution in [2.75, 3.05) is 5.32 Å². The van der Waals surface area contributed by atoms with E-state index in [1.54, 1.807) is 28.9 Å². The van der Waals surface area contributed by atoms with Gasteiger partial charge < -0.3 is 5.32 Å². The van der Waals surface area contributed by atoms with Crippen LogP contribution in [0.1, 0.15) is 39.3 Å². The molecule has 0 unspecified atom stereocenters. The Balaban J connectivity index is 1.39. The molecule has 0 radical (unpaired) electrons. The van der Waals surface area contributed by atoms with E-state index in [0.29, 0.717) is 5.56 Å². The molecule has 164 valence electrons. The summed E-state index contributed by atoms with van der Waals surface area (Å²) in [5.41, 5.74) is 5.82. The zero-order chi connectivity index (χ0) is 22.4. The molecule has 0 bridgehead atoms. The van der Waals surface area contributed by atoms with E-state index < -0.39 is 0 Å². The van der Waals surface area contributed by atoms with Gasteiger partial charge in [-0.15, -0.1) is 22.7 Å². The lowest BCUT2D eigenvalue weighted by Crippen LogP contribution is -2.13. The number of amides is 1. The maximum absolute atomic E-state index is 13.4. The lowest BCUT2D eigenvalue weighted by molar-refractivity contribution is 0.102. The Hall–Kier alpha value is -3.29. The van der Waals surface area contributed by atoms with Crippen LogP contribution in [0.25, 0.3) is 26.5 Å². The van der Waals surface area contributed by atoms with Crippen LogP contribution >= 0.6 is 22.7 Å². The Morgan fingerprint density at radius 2 is 1.79 bits per heavy atom. The summed E-state index contributed by atoms with van der Waals surface area (Å²) in [6.07, 6.45) is 6.14. The monoisotopic (exact) mass is 470 g/mol. The molecule has 1 aliphatic carbocycles. The van der Waals surface area contributed by atoms with Crippen molar-refractivity contribution in [1.82, 2.24) is 14.8 Å². The Morgan fingerprint density at radius 3 is 2.64 bits per heavy atom. The fourth-order valence-corrected chi connectivity index (χ4v) is 6.89. The molecule has 0 aliphatic heterocycles. The smallest absolute Gasteiger partial charge is 0.259 e. The van der Waals surface area contributed by atoms with Crippen LogP contribution in [0.2, 0.25) is 0 Å². The molecule has 2 aromatic carbocycles. The standard InChI is InChI=1S/C26H22N4OS2/c1-16-19(15-27-30(16)17-9-3-2-4-10-17)24(31)29-26-23(18-11-5-7-13-21(18)32-26)25-28-20-12-6-8-14-22(20)33-25/h2-4,6,8-10,12,14-15H,5,7,11,13H2,1H3,(H,29,31). The first kappa shape index (κ1) is 20.3. The second-order valence-corrected chi connectivity index (χ2v) is 10.4. The van der Waals surface area contributed by atoms with Crippen molar-refractivity contribution in [2.24, 2.45) is 0 Å². The van der Waals surface area contributed by atoms with Crippen LogP contribution in [-0.2, 0) is 12.8 Å². The lowest BCUT2D eigenvalue weighted by Gasteiger charge is -2.11. The van der Waals surface area contributed by atoms with Gasteiger partial charge in [0.25, 0.3) is 5.91 Å². The van der Waals surface area contributed by atoms with Crippen molar-refractivity contribution in [3.63, 3.8) is 0 Å². The largest absolute Gasteiger partial charge is 0.313 e. The topological polar surface area (TPSA) is 59.8 Å². The average Bonchev–Trinajstić information content (AvgIpc) is 3.53. The summed E-state index contributed by atoms with van der Waals surface area (Å²) in [5.74, 6) is -0.129. The molecular weight excluding hydrogens is 448 g/mol. The van der Waals surface area contributed by atoms with E-state index in [9.17, 15) is 4.79 Å². The van der Waals surface area contributed by atoms with Crippen LogP contribution in [0.5, 0.6) is 0 Å². The Morgan fingerprint density at radius 1 is 1.00 bits per heavy atom. The van der Waals surface area contributed by atoms with E-state index in [1.165, 1.54) is 28.0 Å². The van der Waals surface area contributed by atoms with E-state index in [1.807, 2.05) is 60.1 Å². The minimum atomic E-state index is -0.129. The number of hydrogen-bond donors (Lipinski definition) is 1. The lowest BCUT2D eigenvalue weighted by atomic mass is 9.95. The van der Waals surface area contributed by atoms with Crippen molar-refractivity contribution in [1.29, 1.82) is 0 Å². The predicted molar refractivity (Wildman–Crippen MR) is 136 cm³/mol. The number of rotatable bonds is 4. The first-order valence-electron chi connectivity index (χ1n) is 11.1. The number of carbonyl (C=O) groups excluding carboxylic acids is 1. The summed E-state index contributed by atoms with van der Waals surface area (Å²) < 4.78 is 2.98. The number of aromatic nitrogens is 3. The fraction of sp³-hybridized carbons (Fsp3) is 0.192. The number of para-hydroxylation sites is 2. The molecule has 0 fully saturated rings. The van der Waals surface area contributed by atoms with Crippen LogP contribution in [0.15, 0.2) is 60.8 Å². The Kier molecular flexibility index (Phi) is 5.08. The summed E-state index contributed by atoms with van der Waals surface area (Å²) in [6.45, 7) is 1.93. The van der Waals surface area contributed by atoms with Gasteiger partial charge in [0.1, 0.15) is 10.0 Å². The third-order valence-corrected chi connectivity index (χ3v) is 8.42. The zero-order valence-electron chi connectivity index (χ0n) is 18.2. The molecule has 0 saturated heterocycles. The van der Waals surface area contributed by atoms with E-state index in [-0.39, 0.29) is 5.91 Å². The number of nitrogens with zero attached hydrogens (tertiary/aromatic N) is 3. The number of aryl methyl sites for hydroxylation is 1. The molecule has 5 aromatic rings. The number of anilines is 1. The van der Waals surface area contributed by atoms with Crippen molar-refractivity contribution in [2.45, 2.75) is 32.6 Å². The summed E-state index contributed by atoms with van der Waals surface area (Å²) in [7, 11) is 0. The molecule has 1 N–H and O–H groups in total. The van der Waals surface area contributed by atoms with E-state index >= 15 is 0 Å². The van der Waals surface area contributed by atoms with Crippen LogP contribution in [0.3, 0.4) is 0 Å². The molecule has 0 spiro atoms. The SMILES string of the molecule is Cc1c(C(=O)Nc2sc3c(c2-c2nc4ccccc4s2)CCCC3)cnn1-c1ccccc1. The van der Waals surface area contributed by atoms with Gasteiger partial charge in [0.15, 0.2) is 0 Å². The molecule has 0 atom stereocenters. The van der Waals surface area contributed by atoms with Crippen molar-refractivity contribution in [3.05, 3.63) is 82.5 Å². The predicted octanol–water partition coefficient (Wildman–Crippen LogP) is 6.65. The minimum absolute atomic E-state index is 0.129. The van der Waals surface area contributed by atoms with Gasteiger partial charge >= 0.3 is 0 Å². The summed E-state index contributed by atoms with van der Waals surface area (Å²) in [5, 5.41) is 9.59. The number of thiazole rings is 1. The number of benzene rings is 2. The van der Waals surface area contributed by atoms with Gasteiger partial charge in [0.05, 0.1) is 33.4 Å². The summed E-state index contributed by atoms with van der Waals surface area (Å²) >= 11 is 3.40. The van der Waals surface area contributed by atoms with Gasteiger partial charge in [-0.2, -0.15) is 5.10 Å². The van der Waals surface area contributed by atoms with E-state index in [0.717, 1.165) is 45.3 Å². The number of nitrogens with one attached hydrogen (secondary N) is 1. The van der Waals surface area contributed by atoms with Crippen molar-refractivity contribution < 1.29 is 4.79 Å². The molecule has 3 heterocycles. The van der Waals surface area contributed by atoms with E-state index in [4.69, 9.17) is 4.98 Å². The normalized spacial score (nSPS) is 13.2. The van der Waals surface area contributed by atoms with Gasteiger partial charge in [-0.3, -0.25) is 4.79 Å². The molecular formula is C26H22N4OS2. The molecule has 3 aromatic heterocycles. The number of hydrogen-bond acceptors (Lipinski definition) is 5. The maximum atomic E-state index is 13.4. The molecule has 7 heteroatoms. The van der Waals surface area contributed by atoms with Gasteiger partial charge in [0, 0.05) is 10.4 Å². The highest BCUT2D eigenvalue weighted by molar-refractivity contribution is 7.23. The highest BCUT2D eigenvalue weighted by Gasteiger charge is 2.26. The summed E-state index contributed by atoms with van der Waals surface area (Å²) in [4.78, 5) is 19.7. The fourth-order valence-electron chi connectivity index (χ4n) is 4.49. The van der Waals surface area contributed by atoms with Gasteiger partial charge in [-0.25, -0.2) is 9.67 Å². The quantitative estimate of drug-likeness (QED) is 0.320. The molecule has 0 saturated carbocycles. The van der Waals surface area contributed by atoms with Crippen molar-refractivity contribution in [3.8, 4) is 16.3 Å². The van der Waals surface area contributed by atoms with Gasteiger partial charge in [0.2, 0.25) is 0 Å². The van der Waals surface area contributed by atoms with Crippen LogP contribution in [0.4, 0.5) is 5.00 Å².